The van der Waals surface area contributed by atoms with Gasteiger partial charge in [-0.3, -0.25) is 4.90 Å². The summed E-state index contributed by atoms with van der Waals surface area (Å²) < 4.78 is 33.3. The van der Waals surface area contributed by atoms with Crippen molar-refractivity contribution in [2.45, 2.75) is 51.6 Å². The van der Waals surface area contributed by atoms with E-state index in [2.05, 4.69) is 18.7 Å². The van der Waals surface area contributed by atoms with Crippen molar-refractivity contribution in [1.82, 2.24) is 9.21 Å². The Labute approximate surface area is 146 Å². The van der Waals surface area contributed by atoms with E-state index < -0.39 is 10.0 Å². The second-order valence-corrected chi connectivity index (χ2v) is 8.85. The van der Waals surface area contributed by atoms with E-state index in [1.54, 1.807) is 11.4 Å². The van der Waals surface area contributed by atoms with E-state index in [9.17, 15) is 8.42 Å². The molecule has 1 heterocycles. The first kappa shape index (κ1) is 19.4. The van der Waals surface area contributed by atoms with E-state index in [1.807, 2.05) is 32.9 Å². The van der Waals surface area contributed by atoms with Crippen molar-refractivity contribution < 1.29 is 13.2 Å². The Balaban J connectivity index is 2.29. The highest BCUT2D eigenvalue weighted by Gasteiger charge is 2.37. The van der Waals surface area contributed by atoms with Crippen LogP contribution in [0.15, 0.2) is 17.0 Å². The van der Waals surface area contributed by atoms with Gasteiger partial charge in [-0.1, -0.05) is 17.7 Å². The van der Waals surface area contributed by atoms with Crippen LogP contribution >= 0.6 is 0 Å². The number of methoxy groups -OCH3 is 1. The maximum Gasteiger partial charge on any atom is 0.243 e. The van der Waals surface area contributed by atoms with Crippen LogP contribution in [-0.4, -0.2) is 63.1 Å². The molecule has 1 aromatic rings. The van der Waals surface area contributed by atoms with E-state index in [-0.39, 0.29) is 12.1 Å². The van der Waals surface area contributed by atoms with Crippen LogP contribution in [0, 0.1) is 20.8 Å². The molecule has 136 valence electrons. The molecule has 6 heteroatoms. The molecule has 1 saturated heterocycles. The minimum Gasteiger partial charge on any atom is -0.383 e. The molecule has 0 bridgehead atoms. The van der Waals surface area contributed by atoms with Crippen molar-refractivity contribution in [2.75, 3.05) is 33.4 Å². The summed E-state index contributed by atoms with van der Waals surface area (Å²) >= 11 is 0. The first-order valence-electron chi connectivity index (χ1n) is 8.51. The van der Waals surface area contributed by atoms with Crippen LogP contribution in [0.3, 0.4) is 0 Å². The number of ether oxygens (including phenoxy) is 1. The predicted octanol–water partition coefficient (Wildman–Crippen LogP) is 2.34. The summed E-state index contributed by atoms with van der Waals surface area (Å²) in [5.74, 6) is 0. The SMILES string of the molecule is COCCN1C(C)CN(S(=O)(=O)c2c(C)cc(C)cc2C)CC1C. The monoisotopic (exact) mass is 354 g/mol. The summed E-state index contributed by atoms with van der Waals surface area (Å²) in [5, 5.41) is 0. The second kappa shape index (κ2) is 7.52. The highest BCUT2D eigenvalue weighted by molar-refractivity contribution is 7.89. The van der Waals surface area contributed by atoms with Gasteiger partial charge in [0.2, 0.25) is 10.0 Å². The average molecular weight is 355 g/mol. The first-order chi connectivity index (χ1) is 11.2. The number of benzene rings is 1. The largest absolute Gasteiger partial charge is 0.383 e. The van der Waals surface area contributed by atoms with E-state index in [0.29, 0.717) is 24.6 Å². The number of hydrogen-bond donors (Lipinski definition) is 0. The van der Waals surface area contributed by atoms with Crippen LogP contribution in [0.5, 0.6) is 0 Å². The van der Waals surface area contributed by atoms with Gasteiger partial charge in [-0.25, -0.2) is 8.42 Å². The van der Waals surface area contributed by atoms with Crippen LogP contribution in [0.25, 0.3) is 0 Å². The van der Waals surface area contributed by atoms with Crippen LogP contribution in [-0.2, 0) is 14.8 Å². The minimum absolute atomic E-state index is 0.171. The fourth-order valence-electron chi connectivity index (χ4n) is 3.84. The maximum absolute atomic E-state index is 13.2. The summed E-state index contributed by atoms with van der Waals surface area (Å²) in [6, 6.07) is 4.23. The van der Waals surface area contributed by atoms with Gasteiger partial charge >= 0.3 is 0 Å². The van der Waals surface area contributed by atoms with Gasteiger partial charge in [0, 0.05) is 38.8 Å². The third kappa shape index (κ3) is 3.82. The van der Waals surface area contributed by atoms with Gasteiger partial charge in [0.25, 0.3) is 0 Å². The highest BCUT2D eigenvalue weighted by Crippen LogP contribution is 2.28. The Morgan fingerprint density at radius 3 is 2.04 bits per heavy atom. The molecule has 0 spiro atoms. The Morgan fingerprint density at radius 1 is 1.08 bits per heavy atom. The van der Waals surface area contributed by atoms with Crippen LogP contribution in [0.1, 0.15) is 30.5 Å². The summed E-state index contributed by atoms with van der Waals surface area (Å²) in [6.45, 7) is 12.5. The van der Waals surface area contributed by atoms with Gasteiger partial charge in [-0.2, -0.15) is 4.31 Å². The second-order valence-electron chi connectivity index (χ2n) is 6.98. The Hall–Kier alpha value is -0.950. The average Bonchev–Trinajstić information content (AvgIpc) is 2.44. The Morgan fingerprint density at radius 2 is 1.58 bits per heavy atom. The molecule has 1 aliphatic heterocycles. The fourth-order valence-corrected chi connectivity index (χ4v) is 5.86. The Bertz CT molecular complexity index is 652. The number of piperazine rings is 1. The van der Waals surface area contributed by atoms with Crippen LogP contribution < -0.4 is 0 Å². The van der Waals surface area contributed by atoms with Crippen molar-refractivity contribution >= 4 is 10.0 Å². The molecule has 5 nitrogen and oxygen atoms in total. The molecule has 0 aliphatic carbocycles. The smallest absolute Gasteiger partial charge is 0.243 e. The number of rotatable bonds is 5. The van der Waals surface area contributed by atoms with E-state index in [1.165, 1.54) is 0 Å². The third-order valence-corrected chi connectivity index (χ3v) is 6.96. The van der Waals surface area contributed by atoms with Gasteiger partial charge < -0.3 is 4.74 Å². The molecule has 0 amide bonds. The number of aryl methyl sites for hydroxylation is 3. The van der Waals surface area contributed by atoms with E-state index in [4.69, 9.17) is 4.74 Å². The lowest BCUT2D eigenvalue weighted by Gasteiger charge is -2.43. The lowest BCUT2D eigenvalue weighted by Crippen LogP contribution is -2.58. The predicted molar refractivity (Wildman–Crippen MR) is 96.9 cm³/mol. The summed E-state index contributed by atoms with van der Waals surface area (Å²) in [7, 11) is -1.78. The molecule has 1 aromatic carbocycles. The summed E-state index contributed by atoms with van der Waals surface area (Å²) in [5.41, 5.74) is 2.75. The lowest BCUT2D eigenvalue weighted by atomic mass is 10.1. The zero-order valence-electron chi connectivity index (χ0n) is 15.7. The maximum atomic E-state index is 13.2. The van der Waals surface area contributed by atoms with Crippen molar-refractivity contribution in [1.29, 1.82) is 0 Å². The molecule has 2 atom stereocenters. The molecule has 0 N–H and O–H groups in total. The molecule has 2 unspecified atom stereocenters. The van der Waals surface area contributed by atoms with Crippen molar-refractivity contribution in [3.8, 4) is 0 Å². The molecule has 0 radical (unpaired) electrons. The van der Waals surface area contributed by atoms with E-state index in [0.717, 1.165) is 23.2 Å². The molecule has 0 saturated carbocycles. The molecule has 24 heavy (non-hydrogen) atoms. The molecule has 0 aromatic heterocycles. The molecule has 1 fully saturated rings. The highest BCUT2D eigenvalue weighted by atomic mass is 32.2. The summed E-state index contributed by atoms with van der Waals surface area (Å²) in [6.07, 6.45) is 0. The molecule has 2 rings (SSSR count). The van der Waals surface area contributed by atoms with Gasteiger partial charge in [0.1, 0.15) is 0 Å². The van der Waals surface area contributed by atoms with Crippen molar-refractivity contribution in [3.63, 3.8) is 0 Å². The lowest BCUT2D eigenvalue weighted by molar-refractivity contribution is 0.0495. The number of sulfonamides is 1. The van der Waals surface area contributed by atoms with Crippen molar-refractivity contribution in [3.05, 3.63) is 28.8 Å². The van der Waals surface area contributed by atoms with Crippen LogP contribution in [0.2, 0.25) is 0 Å². The van der Waals surface area contributed by atoms with E-state index >= 15 is 0 Å². The quantitative estimate of drug-likeness (QED) is 0.814. The number of nitrogens with zero attached hydrogens (tertiary/aromatic N) is 2. The third-order valence-electron chi connectivity index (χ3n) is 4.82. The van der Waals surface area contributed by atoms with Gasteiger partial charge in [0.15, 0.2) is 0 Å². The Kier molecular flexibility index (Phi) is 6.07. The van der Waals surface area contributed by atoms with Gasteiger partial charge in [0.05, 0.1) is 11.5 Å². The topological polar surface area (TPSA) is 49.9 Å². The normalized spacial score (nSPS) is 23.6. The fraction of sp³-hybridized carbons (Fsp3) is 0.667. The minimum atomic E-state index is -3.47. The van der Waals surface area contributed by atoms with Gasteiger partial charge in [-0.15, -0.1) is 0 Å². The number of hydrogen-bond acceptors (Lipinski definition) is 4. The van der Waals surface area contributed by atoms with Crippen LogP contribution in [0.4, 0.5) is 0 Å². The zero-order valence-corrected chi connectivity index (χ0v) is 16.5. The standard InChI is InChI=1S/C18H30N2O3S/c1-13-9-14(2)18(15(3)10-13)24(21,22)19-11-16(4)20(7-8-23-6)17(5)12-19/h9-10,16-17H,7-8,11-12H2,1-6H3. The zero-order chi connectivity index (χ0) is 18.1. The first-order valence-corrected chi connectivity index (χ1v) is 9.95. The molecule has 1 aliphatic rings. The van der Waals surface area contributed by atoms with Crippen molar-refractivity contribution in [2.24, 2.45) is 0 Å². The van der Waals surface area contributed by atoms with Gasteiger partial charge in [-0.05, 0) is 45.7 Å². The summed E-state index contributed by atoms with van der Waals surface area (Å²) in [4.78, 5) is 2.79. The molecular weight excluding hydrogens is 324 g/mol. The molecular formula is C18H30N2O3S.